The van der Waals surface area contributed by atoms with Crippen molar-refractivity contribution >= 4 is 11.6 Å². The first-order valence-corrected chi connectivity index (χ1v) is 3.85. The smallest absolute Gasteiger partial charge is 0.158 e. The predicted octanol–water partition coefficient (Wildman–Crippen LogP) is 1.77. The molecule has 2 atom stereocenters. The van der Waals surface area contributed by atoms with Crippen molar-refractivity contribution in [3.63, 3.8) is 0 Å². The van der Waals surface area contributed by atoms with E-state index in [1.54, 1.807) is 7.11 Å². The molecule has 0 unspecified atom stereocenters. The molecule has 1 fully saturated rings. The highest BCUT2D eigenvalue weighted by Crippen LogP contribution is 2.30. The Labute approximate surface area is 66.5 Å². The number of ether oxygens (including phenoxy) is 2. The Morgan fingerprint density at radius 1 is 1.70 bits per heavy atom. The molecule has 1 saturated heterocycles. The van der Waals surface area contributed by atoms with E-state index in [2.05, 4.69) is 0 Å². The van der Waals surface area contributed by atoms with Crippen LogP contribution in [0.1, 0.15) is 19.8 Å². The number of alkyl halides is 1. The molecule has 0 radical (unpaired) electrons. The van der Waals surface area contributed by atoms with Crippen molar-refractivity contribution in [1.82, 2.24) is 0 Å². The summed E-state index contributed by atoms with van der Waals surface area (Å²) in [4.78, 5) is -0.126. The van der Waals surface area contributed by atoms with Gasteiger partial charge in [-0.3, -0.25) is 0 Å². The number of methoxy groups -OCH3 is 1. The normalized spacial score (nSPS) is 41.7. The van der Waals surface area contributed by atoms with E-state index in [1.807, 2.05) is 6.92 Å². The van der Waals surface area contributed by atoms with Crippen LogP contribution in [0.4, 0.5) is 0 Å². The molecule has 0 bridgehead atoms. The second-order valence-electron chi connectivity index (χ2n) is 2.90. The van der Waals surface area contributed by atoms with Crippen molar-refractivity contribution in [3.8, 4) is 0 Å². The summed E-state index contributed by atoms with van der Waals surface area (Å²) in [6.45, 7) is 2.72. The molecule has 0 aromatic heterocycles. The van der Waals surface area contributed by atoms with Gasteiger partial charge in [0.2, 0.25) is 0 Å². The van der Waals surface area contributed by atoms with Gasteiger partial charge in [-0.05, 0) is 13.3 Å². The van der Waals surface area contributed by atoms with Gasteiger partial charge in [0.05, 0.1) is 6.61 Å². The van der Waals surface area contributed by atoms with Crippen LogP contribution in [0.2, 0.25) is 0 Å². The average molecular weight is 165 g/mol. The van der Waals surface area contributed by atoms with E-state index in [9.17, 15) is 0 Å². The highest BCUT2D eigenvalue weighted by atomic mass is 35.5. The van der Waals surface area contributed by atoms with E-state index in [1.165, 1.54) is 0 Å². The van der Waals surface area contributed by atoms with Crippen molar-refractivity contribution in [3.05, 3.63) is 0 Å². The third-order valence-corrected chi connectivity index (χ3v) is 2.13. The molecule has 1 aliphatic rings. The van der Waals surface area contributed by atoms with Crippen molar-refractivity contribution in [2.45, 2.75) is 30.9 Å². The molecule has 2 nitrogen and oxygen atoms in total. The molecule has 3 heteroatoms. The molecule has 0 aromatic rings. The lowest BCUT2D eigenvalue weighted by molar-refractivity contribution is -0.152. The summed E-state index contributed by atoms with van der Waals surface area (Å²) in [6, 6.07) is 0. The van der Waals surface area contributed by atoms with Crippen molar-refractivity contribution < 1.29 is 9.47 Å². The fourth-order valence-corrected chi connectivity index (χ4v) is 1.27. The number of rotatable bonds is 1. The molecule has 60 valence electrons. The van der Waals surface area contributed by atoms with E-state index < -0.39 is 0 Å². The fourth-order valence-electron chi connectivity index (χ4n) is 1.06. The SMILES string of the molecule is CO[C@@H]1C[C@@](C)(Cl)CCO1. The van der Waals surface area contributed by atoms with Crippen LogP contribution >= 0.6 is 11.6 Å². The molecule has 1 rings (SSSR count). The number of halogens is 1. The molecule has 1 heterocycles. The Hall–Kier alpha value is 0.210. The fraction of sp³-hybridized carbons (Fsp3) is 1.00. The highest BCUT2D eigenvalue weighted by molar-refractivity contribution is 6.23. The molecule has 0 N–H and O–H groups in total. The van der Waals surface area contributed by atoms with E-state index in [0.717, 1.165) is 12.8 Å². The van der Waals surface area contributed by atoms with E-state index in [0.29, 0.717) is 6.61 Å². The Bertz CT molecular complexity index is 114. The number of hydrogen-bond acceptors (Lipinski definition) is 2. The average Bonchev–Trinajstić information content (AvgIpc) is 1.86. The third kappa shape index (κ3) is 2.11. The molecule has 0 spiro atoms. The van der Waals surface area contributed by atoms with E-state index in [-0.39, 0.29) is 11.2 Å². The molecular weight excluding hydrogens is 152 g/mol. The van der Waals surface area contributed by atoms with Crippen LogP contribution in [-0.4, -0.2) is 24.9 Å². The Kier molecular flexibility index (Phi) is 2.55. The van der Waals surface area contributed by atoms with Gasteiger partial charge in [0.25, 0.3) is 0 Å². The topological polar surface area (TPSA) is 18.5 Å². The molecular formula is C7H13ClO2. The van der Waals surface area contributed by atoms with E-state index >= 15 is 0 Å². The first-order valence-electron chi connectivity index (χ1n) is 3.47. The lowest BCUT2D eigenvalue weighted by Gasteiger charge is -2.32. The lowest BCUT2D eigenvalue weighted by Crippen LogP contribution is -2.34. The van der Waals surface area contributed by atoms with Gasteiger partial charge in [0, 0.05) is 18.4 Å². The van der Waals surface area contributed by atoms with Crippen LogP contribution in [0.25, 0.3) is 0 Å². The van der Waals surface area contributed by atoms with Gasteiger partial charge in [0.15, 0.2) is 6.29 Å². The third-order valence-electron chi connectivity index (χ3n) is 1.78. The molecule has 1 aliphatic heterocycles. The van der Waals surface area contributed by atoms with Gasteiger partial charge in [-0.1, -0.05) is 0 Å². The maximum atomic E-state index is 6.09. The van der Waals surface area contributed by atoms with Gasteiger partial charge < -0.3 is 9.47 Å². The summed E-state index contributed by atoms with van der Waals surface area (Å²) < 4.78 is 10.3. The largest absolute Gasteiger partial charge is 0.356 e. The summed E-state index contributed by atoms with van der Waals surface area (Å²) in [5.41, 5.74) is 0. The van der Waals surface area contributed by atoms with Crippen LogP contribution < -0.4 is 0 Å². The first kappa shape index (κ1) is 8.31. The molecule has 0 aliphatic carbocycles. The molecule has 0 amide bonds. The van der Waals surface area contributed by atoms with Gasteiger partial charge in [0.1, 0.15) is 0 Å². The van der Waals surface area contributed by atoms with Crippen LogP contribution in [0.3, 0.4) is 0 Å². The van der Waals surface area contributed by atoms with Crippen molar-refractivity contribution in [2.24, 2.45) is 0 Å². The molecule has 0 saturated carbocycles. The highest BCUT2D eigenvalue weighted by Gasteiger charge is 2.30. The second-order valence-corrected chi connectivity index (χ2v) is 3.82. The molecule has 10 heavy (non-hydrogen) atoms. The minimum atomic E-state index is -0.126. The maximum Gasteiger partial charge on any atom is 0.158 e. The standard InChI is InChI=1S/C7H13ClO2/c1-7(8)3-4-10-6(5-7)9-2/h6H,3-5H2,1-2H3/t6-,7-/m0/s1. The lowest BCUT2D eigenvalue weighted by atomic mass is 10.0. The Morgan fingerprint density at radius 3 is 2.80 bits per heavy atom. The number of hydrogen-bond donors (Lipinski definition) is 0. The predicted molar refractivity (Wildman–Crippen MR) is 40.2 cm³/mol. The zero-order valence-corrected chi connectivity index (χ0v) is 7.15. The quantitative estimate of drug-likeness (QED) is 0.550. The van der Waals surface area contributed by atoms with Gasteiger partial charge >= 0.3 is 0 Å². The summed E-state index contributed by atoms with van der Waals surface area (Å²) in [6.07, 6.45) is 1.59. The van der Waals surface area contributed by atoms with Crippen LogP contribution in [0.15, 0.2) is 0 Å². The van der Waals surface area contributed by atoms with Crippen molar-refractivity contribution in [1.29, 1.82) is 0 Å². The van der Waals surface area contributed by atoms with Gasteiger partial charge in [-0.15, -0.1) is 11.6 Å². The summed E-state index contributed by atoms with van der Waals surface area (Å²) >= 11 is 6.09. The van der Waals surface area contributed by atoms with Gasteiger partial charge in [-0.2, -0.15) is 0 Å². The van der Waals surface area contributed by atoms with Crippen LogP contribution in [-0.2, 0) is 9.47 Å². The van der Waals surface area contributed by atoms with Crippen LogP contribution in [0, 0.1) is 0 Å². The van der Waals surface area contributed by atoms with Crippen molar-refractivity contribution in [2.75, 3.05) is 13.7 Å². The summed E-state index contributed by atoms with van der Waals surface area (Å²) in [5.74, 6) is 0. The minimum absolute atomic E-state index is 0.101. The summed E-state index contributed by atoms with van der Waals surface area (Å²) in [7, 11) is 1.64. The Balaban J connectivity index is 2.40. The maximum absolute atomic E-state index is 6.09. The van der Waals surface area contributed by atoms with E-state index in [4.69, 9.17) is 21.1 Å². The van der Waals surface area contributed by atoms with Gasteiger partial charge in [-0.25, -0.2) is 0 Å². The monoisotopic (exact) mass is 164 g/mol. The molecule has 0 aromatic carbocycles. The zero-order valence-electron chi connectivity index (χ0n) is 6.39. The zero-order chi connectivity index (χ0) is 7.61. The second kappa shape index (κ2) is 3.07. The summed E-state index contributed by atoms with van der Waals surface area (Å²) in [5, 5.41) is 0. The first-order chi connectivity index (χ1) is 4.64. The minimum Gasteiger partial charge on any atom is -0.356 e. The van der Waals surface area contributed by atoms with Crippen LogP contribution in [0.5, 0.6) is 0 Å². The Morgan fingerprint density at radius 2 is 2.40 bits per heavy atom.